The highest BCUT2D eigenvalue weighted by Gasteiger charge is 2.28. The van der Waals surface area contributed by atoms with E-state index >= 15 is 0 Å². The molecule has 2 nitrogen and oxygen atoms in total. The molecule has 0 aromatic heterocycles. The molecule has 1 saturated carbocycles. The molecule has 1 aromatic carbocycles. The Labute approximate surface area is 117 Å². The van der Waals surface area contributed by atoms with Crippen LogP contribution >= 0.6 is 0 Å². The van der Waals surface area contributed by atoms with E-state index in [0.29, 0.717) is 0 Å². The molecule has 0 amide bonds. The van der Waals surface area contributed by atoms with Crippen molar-refractivity contribution in [3.05, 3.63) is 29.3 Å². The van der Waals surface area contributed by atoms with Crippen LogP contribution in [-0.2, 0) is 6.54 Å². The van der Waals surface area contributed by atoms with Gasteiger partial charge in [0.15, 0.2) is 0 Å². The third kappa shape index (κ3) is 2.94. The standard InChI is InChI=1S/C17H26N2/c1-12-4-7-17(19-10-13(2)14(3)11-19)15(8-12)9-18-16-5-6-16/h4,7-8,13-14,16,18H,5-6,9-11H2,1-3H3. The zero-order valence-corrected chi connectivity index (χ0v) is 12.4. The number of hydrogen-bond acceptors (Lipinski definition) is 2. The average molecular weight is 258 g/mol. The van der Waals surface area contributed by atoms with Crippen molar-refractivity contribution < 1.29 is 0 Å². The van der Waals surface area contributed by atoms with Crippen molar-refractivity contribution in [1.29, 1.82) is 0 Å². The number of benzene rings is 1. The summed E-state index contributed by atoms with van der Waals surface area (Å²) in [4.78, 5) is 2.58. The Morgan fingerprint density at radius 1 is 1.16 bits per heavy atom. The minimum Gasteiger partial charge on any atom is -0.371 e. The second kappa shape index (κ2) is 5.16. The van der Waals surface area contributed by atoms with Crippen LogP contribution in [-0.4, -0.2) is 19.1 Å². The molecular formula is C17H26N2. The van der Waals surface area contributed by atoms with Crippen molar-refractivity contribution in [2.45, 2.75) is 46.2 Å². The molecule has 2 unspecified atom stereocenters. The van der Waals surface area contributed by atoms with Gasteiger partial charge < -0.3 is 10.2 Å². The lowest BCUT2D eigenvalue weighted by molar-refractivity contribution is 0.494. The lowest BCUT2D eigenvalue weighted by Crippen LogP contribution is -2.23. The van der Waals surface area contributed by atoms with E-state index in [9.17, 15) is 0 Å². The van der Waals surface area contributed by atoms with Crippen molar-refractivity contribution in [1.82, 2.24) is 5.32 Å². The first-order valence-corrected chi connectivity index (χ1v) is 7.71. The summed E-state index contributed by atoms with van der Waals surface area (Å²) < 4.78 is 0. The number of nitrogens with zero attached hydrogens (tertiary/aromatic N) is 1. The first-order valence-electron chi connectivity index (χ1n) is 7.71. The molecule has 0 spiro atoms. The van der Waals surface area contributed by atoms with Crippen LogP contribution in [0.15, 0.2) is 18.2 Å². The van der Waals surface area contributed by atoms with Gasteiger partial charge in [0.05, 0.1) is 0 Å². The highest BCUT2D eigenvalue weighted by atomic mass is 15.2. The number of rotatable bonds is 4. The number of hydrogen-bond donors (Lipinski definition) is 1. The normalized spacial score (nSPS) is 27.0. The Balaban J connectivity index is 1.78. The summed E-state index contributed by atoms with van der Waals surface area (Å²) in [5, 5.41) is 3.66. The second-order valence-electron chi connectivity index (χ2n) is 6.65. The van der Waals surface area contributed by atoms with E-state index in [2.05, 4.69) is 49.2 Å². The van der Waals surface area contributed by atoms with Gasteiger partial charge in [0.2, 0.25) is 0 Å². The maximum Gasteiger partial charge on any atom is 0.0412 e. The fourth-order valence-electron chi connectivity index (χ4n) is 3.03. The van der Waals surface area contributed by atoms with Crippen LogP contribution < -0.4 is 10.2 Å². The maximum absolute atomic E-state index is 3.66. The smallest absolute Gasteiger partial charge is 0.0412 e. The lowest BCUT2D eigenvalue weighted by Gasteiger charge is -2.23. The van der Waals surface area contributed by atoms with Crippen LogP contribution in [0.25, 0.3) is 0 Å². The van der Waals surface area contributed by atoms with E-state index in [1.807, 2.05) is 0 Å². The summed E-state index contributed by atoms with van der Waals surface area (Å²) in [7, 11) is 0. The topological polar surface area (TPSA) is 15.3 Å². The van der Waals surface area contributed by atoms with Gasteiger partial charge >= 0.3 is 0 Å². The molecule has 1 saturated heterocycles. The highest BCUT2D eigenvalue weighted by molar-refractivity contribution is 5.56. The molecular weight excluding hydrogens is 232 g/mol. The van der Waals surface area contributed by atoms with E-state index in [0.717, 1.165) is 24.4 Å². The molecule has 2 atom stereocenters. The summed E-state index contributed by atoms with van der Waals surface area (Å²) in [5.74, 6) is 1.62. The number of anilines is 1. The fraction of sp³-hybridized carbons (Fsp3) is 0.647. The first kappa shape index (κ1) is 13.0. The Morgan fingerprint density at radius 2 is 1.84 bits per heavy atom. The zero-order chi connectivity index (χ0) is 13.4. The predicted molar refractivity (Wildman–Crippen MR) is 81.6 cm³/mol. The van der Waals surface area contributed by atoms with Crippen LogP contribution in [0, 0.1) is 18.8 Å². The highest BCUT2D eigenvalue weighted by Crippen LogP contribution is 2.31. The van der Waals surface area contributed by atoms with Crippen molar-refractivity contribution in [2.75, 3.05) is 18.0 Å². The van der Waals surface area contributed by atoms with Crippen LogP contribution in [0.1, 0.15) is 37.8 Å². The van der Waals surface area contributed by atoms with Gasteiger partial charge in [0.1, 0.15) is 0 Å². The first-order chi connectivity index (χ1) is 9.13. The lowest BCUT2D eigenvalue weighted by atomic mass is 10.0. The zero-order valence-electron chi connectivity index (χ0n) is 12.4. The van der Waals surface area contributed by atoms with Gasteiger partial charge in [-0.15, -0.1) is 0 Å². The van der Waals surface area contributed by atoms with Crippen LogP contribution in [0.4, 0.5) is 5.69 Å². The maximum atomic E-state index is 3.66. The number of nitrogens with one attached hydrogen (secondary N) is 1. The Morgan fingerprint density at radius 3 is 2.47 bits per heavy atom. The van der Waals surface area contributed by atoms with Gasteiger partial charge in [-0.05, 0) is 43.2 Å². The van der Waals surface area contributed by atoms with Gasteiger partial charge in [0, 0.05) is 31.4 Å². The average Bonchev–Trinajstić information content (AvgIpc) is 3.14. The monoisotopic (exact) mass is 258 g/mol. The minimum absolute atomic E-state index is 0.782. The molecule has 1 heterocycles. The molecule has 0 bridgehead atoms. The largest absolute Gasteiger partial charge is 0.371 e. The van der Waals surface area contributed by atoms with E-state index in [1.54, 1.807) is 0 Å². The molecule has 104 valence electrons. The molecule has 2 aliphatic rings. The summed E-state index contributed by atoms with van der Waals surface area (Å²) in [6.45, 7) is 10.4. The quantitative estimate of drug-likeness (QED) is 0.891. The SMILES string of the molecule is Cc1ccc(N2CC(C)C(C)C2)c(CNC2CC2)c1. The third-order valence-electron chi connectivity index (χ3n) is 4.72. The van der Waals surface area contributed by atoms with Gasteiger partial charge in [-0.1, -0.05) is 31.5 Å². The molecule has 19 heavy (non-hydrogen) atoms. The molecule has 1 aliphatic heterocycles. The molecule has 1 aliphatic carbocycles. The molecule has 2 heteroatoms. The fourth-order valence-corrected chi connectivity index (χ4v) is 3.03. The Bertz CT molecular complexity index is 441. The Hall–Kier alpha value is -1.02. The molecule has 1 N–H and O–H groups in total. The van der Waals surface area contributed by atoms with E-state index < -0.39 is 0 Å². The summed E-state index contributed by atoms with van der Waals surface area (Å²) in [6.07, 6.45) is 2.72. The molecule has 2 fully saturated rings. The Kier molecular flexibility index (Phi) is 3.53. The van der Waals surface area contributed by atoms with Gasteiger partial charge in [-0.3, -0.25) is 0 Å². The van der Waals surface area contributed by atoms with Gasteiger partial charge in [-0.25, -0.2) is 0 Å². The summed E-state index contributed by atoms with van der Waals surface area (Å²) in [5.41, 5.74) is 4.31. The summed E-state index contributed by atoms with van der Waals surface area (Å²) in [6, 6.07) is 7.72. The van der Waals surface area contributed by atoms with Crippen LogP contribution in [0.3, 0.4) is 0 Å². The summed E-state index contributed by atoms with van der Waals surface area (Å²) >= 11 is 0. The third-order valence-corrected chi connectivity index (χ3v) is 4.72. The van der Waals surface area contributed by atoms with Crippen molar-refractivity contribution in [3.63, 3.8) is 0 Å². The van der Waals surface area contributed by atoms with Crippen molar-refractivity contribution >= 4 is 5.69 Å². The minimum atomic E-state index is 0.782. The van der Waals surface area contributed by atoms with E-state index in [-0.39, 0.29) is 0 Å². The van der Waals surface area contributed by atoms with E-state index in [4.69, 9.17) is 0 Å². The van der Waals surface area contributed by atoms with Crippen molar-refractivity contribution in [3.8, 4) is 0 Å². The van der Waals surface area contributed by atoms with Gasteiger partial charge in [-0.2, -0.15) is 0 Å². The van der Waals surface area contributed by atoms with E-state index in [1.165, 1.54) is 42.7 Å². The molecule has 3 rings (SSSR count). The van der Waals surface area contributed by atoms with Crippen LogP contribution in [0.5, 0.6) is 0 Å². The van der Waals surface area contributed by atoms with Gasteiger partial charge in [0.25, 0.3) is 0 Å². The predicted octanol–water partition coefficient (Wildman–Crippen LogP) is 3.34. The second-order valence-corrected chi connectivity index (χ2v) is 6.65. The molecule has 1 aromatic rings. The number of aryl methyl sites for hydroxylation is 1. The van der Waals surface area contributed by atoms with Crippen LogP contribution in [0.2, 0.25) is 0 Å². The molecule has 0 radical (unpaired) electrons. The van der Waals surface area contributed by atoms with Crippen molar-refractivity contribution in [2.24, 2.45) is 11.8 Å².